The van der Waals surface area contributed by atoms with Crippen LogP contribution in [0.3, 0.4) is 0 Å². The minimum absolute atomic E-state index is 0.000307. The number of urea groups is 1. The molecule has 0 bridgehead atoms. The van der Waals surface area contributed by atoms with Crippen molar-refractivity contribution in [2.24, 2.45) is 0 Å². The molecule has 2 amide bonds. The highest BCUT2D eigenvalue weighted by atomic mass is 16.5. The third-order valence-electron chi connectivity index (χ3n) is 2.37. The zero-order valence-corrected chi connectivity index (χ0v) is 11.5. The van der Waals surface area contributed by atoms with Crippen LogP contribution in [-0.4, -0.2) is 36.2 Å². The summed E-state index contributed by atoms with van der Waals surface area (Å²) in [5.74, 6) is -1.67. The second kappa shape index (κ2) is 7.68. The predicted molar refractivity (Wildman–Crippen MR) is 76.2 cm³/mol. The molecular weight excluding hydrogens is 276 g/mol. The number of ether oxygens (including phenoxy) is 1. The number of carboxylic acids is 1. The Morgan fingerprint density at radius 1 is 1.29 bits per heavy atom. The zero-order chi connectivity index (χ0) is 15.8. The summed E-state index contributed by atoms with van der Waals surface area (Å²) in [5.41, 5.74) is 0.442. The number of carbonyl (C=O) groups excluding carboxylic acids is 2. The number of para-hydroxylation sites is 1. The molecule has 0 aromatic heterocycles. The fourth-order valence-electron chi connectivity index (χ4n) is 1.38. The molecule has 3 N–H and O–H groups in total. The van der Waals surface area contributed by atoms with Crippen LogP contribution in [0.4, 0.5) is 10.5 Å². The normalized spacial score (nSPS) is 9.57. The fourth-order valence-corrected chi connectivity index (χ4v) is 1.38. The molecule has 0 aliphatic rings. The molecule has 0 saturated carbocycles. The van der Waals surface area contributed by atoms with Crippen LogP contribution in [0.2, 0.25) is 0 Å². The van der Waals surface area contributed by atoms with Crippen LogP contribution in [0.5, 0.6) is 0 Å². The van der Waals surface area contributed by atoms with Crippen molar-refractivity contribution < 1.29 is 24.2 Å². The third-order valence-corrected chi connectivity index (χ3v) is 2.37. The van der Waals surface area contributed by atoms with Gasteiger partial charge in [0.25, 0.3) is 0 Å². The summed E-state index contributed by atoms with van der Waals surface area (Å²) in [4.78, 5) is 33.6. The van der Waals surface area contributed by atoms with Gasteiger partial charge in [0.15, 0.2) is 0 Å². The van der Waals surface area contributed by atoms with Crippen molar-refractivity contribution in [3.8, 4) is 0 Å². The van der Waals surface area contributed by atoms with Gasteiger partial charge >= 0.3 is 18.0 Å². The number of nitrogens with one attached hydrogen (secondary N) is 2. The highest BCUT2D eigenvalue weighted by Crippen LogP contribution is 2.14. The molecule has 0 aliphatic carbocycles. The number of carbonyl (C=O) groups is 3. The van der Waals surface area contributed by atoms with Gasteiger partial charge in [0.05, 0.1) is 17.8 Å². The van der Waals surface area contributed by atoms with Crippen LogP contribution < -0.4 is 10.6 Å². The first-order chi connectivity index (χ1) is 9.91. The summed E-state index contributed by atoms with van der Waals surface area (Å²) in [7, 11) is 0. The van der Waals surface area contributed by atoms with Crippen LogP contribution in [0, 0.1) is 0 Å². The Balaban J connectivity index is 2.43. The summed E-state index contributed by atoms with van der Waals surface area (Å²) in [5, 5.41) is 13.8. The lowest BCUT2D eigenvalue weighted by molar-refractivity contribution is -0.138. The Hall–Kier alpha value is -2.83. The summed E-state index contributed by atoms with van der Waals surface area (Å²) in [6.07, 6.45) is 0. The van der Waals surface area contributed by atoms with E-state index in [9.17, 15) is 14.4 Å². The number of aromatic carboxylic acids is 1. The average molecular weight is 292 g/mol. The Morgan fingerprint density at radius 2 is 1.95 bits per heavy atom. The lowest BCUT2D eigenvalue weighted by atomic mass is 10.2. The minimum Gasteiger partial charge on any atom is -0.478 e. The average Bonchev–Trinajstić information content (AvgIpc) is 2.43. The monoisotopic (exact) mass is 292 g/mol. The number of benzene rings is 1. The number of hydrogen-bond donors (Lipinski definition) is 3. The number of esters is 1. The number of anilines is 1. The van der Waals surface area contributed by atoms with Gasteiger partial charge in [0, 0.05) is 5.57 Å². The smallest absolute Gasteiger partial charge is 0.337 e. The summed E-state index contributed by atoms with van der Waals surface area (Å²) >= 11 is 0. The van der Waals surface area contributed by atoms with Crippen molar-refractivity contribution in [3.05, 3.63) is 42.0 Å². The maximum absolute atomic E-state index is 11.6. The first kappa shape index (κ1) is 16.2. The van der Waals surface area contributed by atoms with Gasteiger partial charge in [0.1, 0.15) is 6.61 Å². The zero-order valence-electron chi connectivity index (χ0n) is 11.5. The van der Waals surface area contributed by atoms with E-state index in [1.54, 1.807) is 12.1 Å². The molecule has 0 saturated heterocycles. The Labute approximate surface area is 121 Å². The first-order valence-electron chi connectivity index (χ1n) is 6.11. The van der Waals surface area contributed by atoms with Crippen molar-refractivity contribution >= 4 is 23.7 Å². The third kappa shape index (κ3) is 5.35. The molecule has 1 aromatic carbocycles. The van der Waals surface area contributed by atoms with E-state index in [4.69, 9.17) is 9.84 Å². The fraction of sp³-hybridized carbons (Fsp3) is 0.214. The standard InChI is InChI=1S/C14H16N2O5/c1-9(2)13(19)21-8-7-15-14(20)16-11-6-4-3-5-10(11)12(17)18/h3-6H,1,7-8H2,2H3,(H,17,18)(H2,15,16,20). The van der Waals surface area contributed by atoms with Gasteiger partial charge in [-0.05, 0) is 19.1 Å². The lowest BCUT2D eigenvalue weighted by Gasteiger charge is -2.10. The second-order valence-electron chi connectivity index (χ2n) is 4.15. The Morgan fingerprint density at radius 3 is 2.57 bits per heavy atom. The van der Waals surface area contributed by atoms with E-state index in [0.717, 1.165) is 0 Å². The molecule has 1 aromatic rings. The first-order valence-corrected chi connectivity index (χ1v) is 6.11. The maximum Gasteiger partial charge on any atom is 0.337 e. The highest BCUT2D eigenvalue weighted by molar-refractivity contribution is 5.99. The molecule has 112 valence electrons. The minimum atomic E-state index is -1.14. The summed E-state index contributed by atoms with van der Waals surface area (Å²) in [6, 6.07) is 5.44. The Bertz CT molecular complexity index is 568. The van der Waals surface area contributed by atoms with E-state index in [1.807, 2.05) is 0 Å². The summed E-state index contributed by atoms with van der Waals surface area (Å²) < 4.78 is 4.79. The summed E-state index contributed by atoms with van der Waals surface area (Å²) in [6.45, 7) is 5.04. The molecule has 0 spiro atoms. The van der Waals surface area contributed by atoms with Gasteiger partial charge in [-0.3, -0.25) is 0 Å². The van der Waals surface area contributed by atoms with Crippen molar-refractivity contribution in [2.45, 2.75) is 6.92 Å². The van der Waals surface area contributed by atoms with E-state index in [-0.39, 0.29) is 30.0 Å². The van der Waals surface area contributed by atoms with Crippen LogP contribution >= 0.6 is 0 Å². The molecular formula is C14H16N2O5. The van der Waals surface area contributed by atoms with E-state index < -0.39 is 18.0 Å². The van der Waals surface area contributed by atoms with Crippen LogP contribution in [0.1, 0.15) is 17.3 Å². The molecule has 0 radical (unpaired) electrons. The van der Waals surface area contributed by atoms with Crippen LogP contribution in [-0.2, 0) is 9.53 Å². The molecule has 0 aliphatic heterocycles. The van der Waals surface area contributed by atoms with Crippen molar-refractivity contribution in [3.63, 3.8) is 0 Å². The number of hydrogen-bond acceptors (Lipinski definition) is 4. The van der Waals surface area contributed by atoms with Crippen LogP contribution in [0.15, 0.2) is 36.4 Å². The largest absolute Gasteiger partial charge is 0.478 e. The van der Waals surface area contributed by atoms with Crippen molar-refractivity contribution in [1.82, 2.24) is 5.32 Å². The SMILES string of the molecule is C=C(C)C(=O)OCCNC(=O)Nc1ccccc1C(=O)O. The maximum atomic E-state index is 11.6. The van der Waals surface area contributed by atoms with Gasteiger partial charge in [0.2, 0.25) is 0 Å². The molecule has 0 fully saturated rings. The van der Waals surface area contributed by atoms with E-state index in [1.165, 1.54) is 19.1 Å². The van der Waals surface area contributed by atoms with Crippen molar-refractivity contribution in [1.29, 1.82) is 0 Å². The highest BCUT2D eigenvalue weighted by Gasteiger charge is 2.11. The molecule has 1 rings (SSSR count). The van der Waals surface area contributed by atoms with E-state index in [2.05, 4.69) is 17.2 Å². The van der Waals surface area contributed by atoms with Gasteiger partial charge in [-0.1, -0.05) is 18.7 Å². The predicted octanol–water partition coefficient (Wildman–Crippen LogP) is 1.63. The number of rotatable bonds is 6. The van der Waals surface area contributed by atoms with Crippen molar-refractivity contribution in [2.75, 3.05) is 18.5 Å². The molecule has 0 unspecified atom stereocenters. The topological polar surface area (TPSA) is 105 Å². The molecule has 7 heteroatoms. The Kier molecular flexibility index (Phi) is 5.94. The molecule has 0 heterocycles. The van der Waals surface area contributed by atoms with Gasteiger partial charge < -0.3 is 20.5 Å². The number of amides is 2. The molecule has 0 atom stereocenters. The number of carboxylic acid groups (broad SMARTS) is 1. The molecule has 7 nitrogen and oxygen atoms in total. The quantitative estimate of drug-likeness (QED) is 0.420. The second-order valence-corrected chi connectivity index (χ2v) is 4.15. The van der Waals surface area contributed by atoms with Crippen LogP contribution in [0.25, 0.3) is 0 Å². The van der Waals surface area contributed by atoms with Gasteiger partial charge in [-0.25, -0.2) is 14.4 Å². The van der Waals surface area contributed by atoms with Gasteiger partial charge in [-0.2, -0.15) is 0 Å². The lowest BCUT2D eigenvalue weighted by Crippen LogP contribution is -2.32. The van der Waals surface area contributed by atoms with Gasteiger partial charge in [-0.15, -0.1) is 0 Å². The van der Waals surface area contributed by atoms with E-state index >= 15 is 0 Å². The van der Waals surface area contributed by atoms with E-state index in [0.29, 0.717) is 0 Å². The molecule has 21 heavy (non-hydrogen) atoms.